The Kier molecular flexibility index (Phi) is 13.9. The zero-order valence-electron chi connectivity index (χ0n) is 39.2. The lowest BCUT2D eigenvalue weighted by molar-refractivity contribution is -0.155. The number of nitrogens with zero attached hydrogens (tertiary/aromatic N) is 6. The number of aromatic amines is 1. The molecule has 5 aromatic rings. The van der Waals surface area contributed by atoms with Crippen LogP contribution in [0.2, 0.25) is 0 Å². The number of aryl methyl sites for hydroxylation is 2. The number of unbranched alkanes of at least 4 members (excludes halogenated alkanes) is 1. The summed E-state index contributed by atoms with van der Waals surface area (Å²) in [6.07, 6.45) is 12.7. The molecule has 2 N–H and O–H groups in total. The molecule has 0 spiro atoms. The minimum atomic E-state index is -0.774. The summed E-state index contributed by atoms with van der Waals surface area (Å²) in [7, 11) is 2.18. The van der Waals surface area contributed by atoms with E-state index in [-0.39, 0.29) is 36.1 Å². The van der Waals surface area contributed by atoms with Gasteiger partial charge in [0.25, 0.3) is 5.56 Å². The van der Waals surface area contributed by atoms with Gasteiger partial charge in [0.15, 0.2) is 6.73 Å². The average molecular weight is 897 g/mol. The van der Waals surface area contributed by atoms with Gasteiger partial charge in [-0.2, -0.15) is 5.10 Å². The standard InChI is InChI=1S/C53H68N8O5/c1-4-5-10-38-13-15-43(16-14-38)53(21-8-9-22-53)51(64)66-36-61-35-42-32-39(31-37(2)48(42)56-61)33-47(50(63)59-29-27-58(28-30-59)44-19-23-57(3)24-20-44)55-52(65)60-25-17-40(18-26-60)45-34-41-11-6-7-12-46(41)54-49(45)62/h6-7,11-16,31-32,34-35,40,44,47H,4-5,8-10,17-30,33,36H2,1-3H3,(H,54,62)(H,55,65). The number of likely N-dealkylation sites (tertiary alicyclic amines) is 2. The fourth-order valence-corrected chi connectivity index (χ4v) is 11.3. The van der Waals surface area contributed by atoms with Crippen LogP contribution >= 0.6 is 0 Å². The summed E-state index contributed by atoms with van der Waals surface area (Å²) < 4.78 is 7.77. The molecule has 9 rings (SSSR count). The number of H-pyrrole nitrogens is 1. The number of rotatable bonds is 13. The first-order valence-electron chi connectivity index (χ1n) is 24.7. The van der Waals surface area contributed by atoms with E-state index in [0.717, 1.165) is 128 Å². The first kappa shape index (κ1) is 45.6. The van der Waals surface area contributed by atoms with Crippen molar-refractivity contribution in [2.24, 2.45) is 0 Å². The van der Waals surface area contributed by atoms with Crippen molar-refractivity contribution in [3.63, 3.8) is 0 Å². The Balaban J connectivity index is 0.885. The maximum Gasteiger partial charge on any atom is 0.318 e. The Labute approximate surface area is 388 Å². The lowest BCUT2D eigenvalue weighted by Crippen LogP contribution is -2.59. The summed E-state index contributed by atoms with van der Waals surface area (Å²) in [6.45, 7) is 10.3. The second-order valence-electron chi connectivity index (χ2n) is 19.7. The van der Waals surface area contributed by atoms with Crippen molar-refractivity contribution in [3.05, 3.63) is 111 Å². The molecule has 1 saturated carbocycles. The molecule has 3 saturated heterocycles. The quantitative estimate of drug-likeness (QED) is 0.118. The third-order valence-electron chi connectivity index (χ3n) is 15.3. The van der Waals surface area contributed by atoms with Gasteiger partial charge in [-0.3, -0.25) is 19.3 Å². The molecule has 66 heavy (non-hydrogen) atoms. The Morgan fingerprint density at radius 1 is 0.848 bits per heavy atom. The molecule has 4 aliphatic rings. The van der Waals surface area contributed by atoms with Gasteiger partial charge in [0, 0.05) is 74.4 Å². The molecular weight excluding hydrogens is 829 g/mol. The molecule has 5 heterocycles. The maximum absolute atomic E-state index is 14.6. The van der Waals surface area contributed by atoms with E-state index in [0.29, 0.717) is 51.5 Å². The number of aromatic nitrogens is 3. The number of amides is 3. The average Bonchev–Trinajstić information content (AvgIpc) is 4.02. The SMILES string of the molecule is CCCCc1ccc(C2(C(=O)OCn3cc4cc(CC(NC(=O)N5CCC(c6cc7ccccc7[nH]c6=O)CC5)C(=O)N5CCN(C6CCN(C)CC6)CC5)cc(C)c4n3)CCCC2)cc1. The Hall–Kier alpha value is -5.53. The first-order valence-corrected chi connectivity index (χ1v) is 24.7. The largest absolute Gasteiger partial charge is 0.442 e. The van der Waals surface area contributed by atoms with Crippen LogP contribution in [0.3, 0.4) is 0 Å². The minimum Gasteiger partial charge on any atom is -0.442 e. The Morgan fingerprint density at radius 2 is 1.58 bits per heavy atom. The fourth-order valence-electron chi connectivity index (χ4n) is 11.3. The highest BCUT2D eigenvalue weighted by atomic mass is 16.5. The number of hydrogen-bond donors (Lipinski definition) is 2. The van der Waals surface area contributed by atoms with Crippen molar-refractivity contribution in [3.8, 4) is 0 Å². The highest BCUT2D eigenvalue weighted by Crippen LogP contribution is 2.42. The lowest BCUT2D eigenvalue weighted by Gasteiger charge is -2.43. The summed E-state index contributed by atoms with van der Waals surface area (Å²) >= 11 is 0. The number of piperidine rings is 2. The van der Waals surface area contributed by atoms with Crippen molar-refractivity contribution < 1.29 is 19.1 Å². The highest BCUT2D eigenvalue weighted by molar-refractivity contribution is 5.88. The molecule has 13 heteroatoms. The van der Waals surface area contributed by atoms with Crippen molar-refractivity contribution in [2.75, 3.05) is 59.4 Å². The molecular formula is C53H68N8O5. The van der Waals surface area contributed by atoms with E-state index >= 15 is 0 Å². The van der Waals surface area contributed by atoms with Crippen LogP contribution in [-0.4, -0.2) is 124 Å². The normalized spacial score (nSPS) is 19.4. The zero-order valence-corrected chi connectivity index (χ0v) is 39.2. The Morgan fingerprint density at radius 3 is 2.30 bits per heavy atom. The van der Waals surface area contributed by atoms with Gasteiger partial charge in [-0.05, 0) is 130 Å². The van der Waals surface area contributed by atoms with E-state index in [1.54, 1.807) is 9.58 Å². The molecule has 0 bridgehead atoms. The Bertz CT molecular complexity index is 2560. The van der Waals surface area contributed by atoms with E-state index in [4.69, 9.17) is 9.84 Å². The monoisotopic (exact) mass is 897 g/mol. The molecule has 350 valence electrons. The summed E-state index contributed by atoms with van der Waals surface area (Å²) in [5.74, 6) is -0.231. The lowest BCUT2D eigenvalue weighted by atomic mass is 9.78. The van der Waals surface area contributed by atoms with Gasteiger partial charge in [-0.1, -0.05) is 74.7 Å². The summed E-state index contributed by atoms with van der Waals surface area (Å²) in [6, 6.07) is 22.0. The van der Waals surface area contributed by atoms with Gasteiger partial charge in [-0.25, -0.2) is 9.48 Å². The summed E-state index contributed by atoms with van der Waals surface area (Å²) in [5.41, 5.74) is 5.86. The second kappa shape index (κ2) is 20.1. The van der Waals surface area contributed by atoms with Gasteiger partial charge in [0.05, 0.1) is 10.9 Å². The molecule has 4 fully saturated rings. The van der Waals surface area contributed by atoms with Crippen molar-refractivity contribution in [2.45, 2.75) is 121 Å². The highest BCUT2D eigenvalue weighted by Gasteiger charge is 2.44. The zero-order chi connectivity index (χ0) is 45.8. The number of carbonyl (C=O) groups is 3. The van der Waals surface area contributed by atoms with Gasteiger partial charge in [0.2, 0.25) is 5.91 Å². The molecule has 13 nitrogen and oxygen atoms in total. The predicted octanol–water partition coefficient (Wildman–Crippen LogP) is 7.28. The predicted molar refractivity (Wildman–Crippen MR) is 259 cm³/mol. The summed E-state index contributed by atoms with van der Waals surface area (Å²) in [4.78, 5) is 67.5. The van der Waals surface area contributed by atoms with Crippen LogP contribution in [0.1, 0.15) is 105 Å². The van der Waals surface area contributed by atoms with Crippen LogP contribution in [0, 0.1) is 6.92 Å². The van der Waals surface area contributed by atoms with Crippen molar-refractivity contribution in [1.82, 2.24) is 39.7 Å². The first-order chi connectivity index (χ1) is 32.1. The topological polar surface area (TPSA) is 136 Å². The molecule has 3 amide bonds. The number of piperazine rings is 1. The molecule has 3 aromatic carbocycles. The molecule has 1 atom stereocenters. The molecule has 3 aliphatic heterocycles. The number of hydrogen-bond acceptors (Lipinski definition) is 8. The molecule has 1 aliphatic carbocycles. The third kappa shape index (κ3) is 9.93. The number of nitrogens with one attached hydrogen (secondary N) is 2. The van der Waals surface area contributed by atoms with Gasteiger partial charge >= 0.3 is 12.0 Å². The van der Waals surface area contributed by atoms with Crippen molar-refractivity contribution >= 4 is 39.7 Å². The van der Waals surface area contributed by atoms with Crippen LogP contribution in [0.4, 0.5) is 4.79 Å². The number of fused-ring (bicyclic) bond motifs is 2. The van der Waals surface area contributed by atoms with Crippen LogP contribution in [-0.2, 0) is 39.3 Å². The number of ether oxygens (including phenoxy) is 1. The number of para-hydroxylation sites is 1. The molecule has 2 aromatic heterocycles. The minimum absolute atomic E-state index is 0.00522. The smallest absolute Gasteiger partial charge is 0.318 e. The van der Waals surface area contributed by atoms with E-state index < -0.39 is 11.5 Å². The molecule has 0 radical (unpaired) electrons. The van der Waals surface area contributed by atoms with E-state index in [9.17, 15) is 19.2 Å². The fraction of sp³-hybridized carbons (Fsp3) is 0.528. The van der Waals surface area contributed by atoms with E-state index in [2.05, 4.69) is 64.4 Å². The number of urea groups is 1. The third-order valence-corrected chi connectivity index (χ3v) is 15.3. The maximum atomic E-state index is 14.6. The van der Waals surface area contributed by atoms with Crippen LogP contribution in [0.15, 0.2) is 77.7 Å². The van der Waals surface area contributed by atoms with Gasteiger partial charge < -0.3 is 29.7 Å². The molecule has 1 unspecified atom stereocenters. The van der Waals surface area contributed by atoms with Crippen LogP contribution in [0.5, 0.6) is 0 Å². The van der Waals surface area contributed by atoms with Gasteiger partial charge in [-0.15, -0.1) is 0 Å². The van der Waals surface area contributed by atoms with E-state index in [1.807, 2.05) is 54.4 Å². The van der Waals surface area contributed by atoms with Crippen LogP contribution < -0.4 is 10.9 Å². The van der Waals surface area contributed by atoms with Crippen molar-refractivity contribution in [1.29, 1.82) is 0 Å². The number of pyridine rings is 1. The van der Waals surface area contributed by atoms with Crippen LogP contribution in [0.25, 0.3) is 21.8 Å². The number of esters is 1. The van der Waals surface area contributed by atoms with Gasteiger partial charge in [0.1, 0.15) is 6.04 Å². The summed E-state index contributed by atoms with van der Waals surface area (Å²) in [5, 5.41) is 9.92. The number of carbonyl (C=O) groups excluding carboxylic acids is 3. The van der Waals surface area contributed by atoms with E-state index in [1.165, 1.54) is 5.56 Å². The number of benzene rings is 3. The second-order valence-corrected chi connectivity index (χ2v) is 19.7.